The molecule has 0 heterocycles. The van der Waals surface area contributed by atoms with Gasteiger partial charge < -0.3 is 0 Å². The molecule has 0 saturated carbocycles. The molecule has 228 valence electrons. The summed E-state index contributed by atoms with van der Waals surface area (Å²) in [6.45, 7) is 8.66. The van der Waals surface area contributed by atoms with E-state index in [2.05, 4.69) is 87.6 Å². The van der Waals surface area contributed by atoms with E-state index in [1.165, 1.54) is 32.7 Å². The summed E-state index contributed by atoms with van der Waals surface area (Å²) in [6.07, 6.45) is 2.06. The zero-order chi connectivity index (χ0) is 32.0. The van der Waals surface area contributed by atoms with E-state index in [4.69, 9.17) is 63.4 Å². The predicted molar refractivity (Wildman–Crippen MR) is 198 cm³/mol. The van der Waals surface area contributed by atoms with Gasteiger partial charge in [0.25, 0.3) is 0 Å². The number of halogens is 6. The van der Waals surface area contributed by atoms with E-state index in [1.807, 2.05) is 36.4 Å². The zero-order valence-corrected chi connectivity index (χ0v) is 32.9. The molecule has 0 aliphatic rings. The second-order valence-electron chi connectivity index (χ2n) is 10.5. The Morgan fingerprint density at radius 2 is 0.886 bits per heavy atom. The van der Waals surface area contributed by atoms with Gasteiger partial charge in [-0.15, -0.1) is 69.1 Å². The van der Waals surface area contributed by atoms with Crippen LogP contribution in [0.1, 0.15) is 25.0 Å². The van der Waals surface area contributed by atoms with Crippen LogP contribution in [0.25, 0.3) is 43.8 Å². The van der Waals surface area contributed by atoms with Crippen LogP contribution in [0.2, 0.25) is 33.2 Å². The summed E-state index contributed by atoms with van der Waals surface area (Å²) in [5.74, 6) is 0. The van der Waals surface area contributed by atoms with E-state index < -0.39 is 18.0 Å². The van der Waals surface area contributed by atoms with E-state index in [0.717, 1.165) is 35.1 Å². The van der Waals surface area contributed by atoms with Crippen LogP contribution in [0, 0.1) is 0 Å². The molecule has 6 rings (SSSR count). The fraction of sp³-hybridized carbons (Fsp3) is 0.167. The molecule has 0 nitrogen and oxygen atoms in total. The third-order valence-corrected chi connectivity index (χ3v) is 28.3. The number of hydrogen-bond donors (Lipinski definition) is 0. The molecule has 0 spiro atoms. The van der Waals surface area contributed by atoms with Gasteiger partial charge in [-0.25, -0.2) is 0 Å². The Labute approximate surface area is 295 Å². The molecule has 0 amide bonds. The first-order valence-electron chi connectivity index (χ1n) is 14.3. The minimum absolute atomic E-state index is 0.224. The van der Waals surface area contributed by atoms with Gasteiger partial charge in [-0.2, -0.15) is 12.1 Å². The number of benzene rings is 4. The van der Waals surface area contributed by atoms with Crippen molar-refractivity contribution in [3.05, 3.63) is 128 Å². The average molecular weight is 797 g/mol. The predicted octanol–water partition coefficient (Wildman–Crippen LogP) is 14.4. The van der Waals surface area contributed by atoms with Gasteiger partial charge in [0.2, 0.25) is 0 Å². The Kier molecular flexibility index (Phi) is 13.6. The molecule has 0 unspecified atom stereocenters. The van der Waals surface area contributed by atoms with E-state index in [-0.39, 0.29) is 5.43 Å². The topological polar surface area (TPSA) is 0 Å². The molecule has 0 bridgehead atoms. The maximum absolute atomic E-state index is 6.32. The molecule has 0 saturated heterocycles. The Bertz CT molecular complexity index is 1750. The van der Waals surface area contributed by atoms with E-state index in [1.54, 1.807) is 0 Å². The first-order valence-corrected chi connectivity index (χ1v) is 28.3. The monoisotopic (exact) mass is 792 g/mol. The van der Waals surface area contributed by atoms with E-state index in [0.29, 0.717) is 20.1 Å². The summed E-state index contributed by atoms with van der Waals surface area (Å²) in [4.78, 5) is 0. The van der Waals surface area contributed by atoms with Crippen LogP contribution in [0.5, 0.6) is 0 Å². The van der Waals surface area contributed by atoms with Crippen molar-refractivity contribution in [1.82, 2.24) is 0 Å². The van der Waals surface area contributed by atoms with Crippen LogP contribution < -0.4 is 0 Å². The Morgan fingerprint density at radius 1 is 0.568 bits per heavy atom. The van der Waals surface area contributed by atoms with Crippen molar-refractivity contribution >= 4 is 90.4 Å². The second kappa shape index (κ2) is 16.7. The fourth-order valence-corrected chi connectivity index (χ4v) is 6.15. The van der Waals surface area contributed by atoms with Gasteiger partial charge in [-0.1, -0.05) is 95.6 Å². The molecular weight excluding hydrogens is 764 g/mol. The van der Waals surface area contributed by atoms with Gasteiger partial charge in [0.15, 0.2) is 0 Å². The van der Waals surface area contributed by atoms with Crippen LogP contribution in [0.15, 0.2) is 97.1 Å². The van der Waals surface area contributed by atoms with Crippen LogP contribution in [-0.4, -0.2) is 5.43 Å². The van der Waals surface area contributed by atoms with Gasteiger partial charge >= 0.3 is 53.5 Å². The van der Waals surface area contributed by atoms with Crippen molar-refractivity contribution in [2.45, 2.75) is 39.8 Å². The van der Waals surface area contributed by atoms with E-state index >= 15 is 0 Å². The summed E-state index contributed by atoms with van der Waals surface area (Å²) in [5, 5.41) is 7.69. The maximum atomic E-state index is 6.32. The van der Waals surface area contributed by atoms with Crippen molar-refractivity contribution in [2.24, 2.45) is 0 Å². The first-order chi connectivity index (χ1) is 21.0. The summed E-state index contributed by atoms with van der Waals surface area (Å²) in [5.41, 5.74) is 6.50. The molecule has 6 aromatic rings. The Hall–Kier alpha value is -1.06. The molecule has 44 heavy (non-hydrogen) atoms. The average Bonchev–Trinajstić information content (AvgIpc) is 3.62. The molecular formula is C36H32Cl6SiZr-2. The number of hydrogen-bond acceptors (Lipinski definition) is 0. The van der Waals surface area contributed by atoms with Crippen molar-refractivity contribution in [3.8, 4) is 22.3 Å². The summed E-state index contributed by atoms with van der Waals surface area (Å²) >= 11 is 23.6. The fourth-order valence-electron chi connectivity index (χ4n) is 4.95. The zero-order valence-electron chi connectivity index (χ0n) is 24.9. The molecule has 0 atom stereocenters. The Balaban J connectivity index is 0.000000170. The molecule has 0 radical (unpaired) electrons. The minimum atomic E-state index is -1.65. The van der Waals surface area contributed by atoms with Crippen molar-refractivity contribution in [1.29, 1.82) is 0 Å². The SMILES string of the molecule is CCc1cc2c(-c3c(Cl)cccc3Cl)cccc2[cH-]1.CCc1cc2c(-c3c(Cl)cccc3Cl)cccc2[cH-]1.C[Si](C)=[Zr]([Cl])[Cl]. The van der Waals surface area contributed by atoms with Crippen LogP contribution >= 0.6 is 63.4 Å². The standard InChI is InChI=1S/2C17H13Cl2.C2H6Si.2ClH.Zr/c2*1-2-11-9-12-5-3-6-13(14(12)10-11)17-15(18)7-4-8-16(17)19;1-3-2;;;/h2*3-10H,2H2,1H3;1-2H3;2*1H;/q2*-1;;;;+2/p-2. The third-order valence-electron chi connectivity index (χ3n) is 7.28. The van der Waals surface area contributed by atoms with Crippen LogP contribution in [0.4, 0.5) is 0 Å². The van der Waals surface area contributed by atoms with Gasteiger partial charge in [-0.05, 0) is 37.1 Å². The van der Waals surface area contributed by atoms with Crippen LogP contribution in [-0.2, 0) is 30.8 Å². The molecule has 0 fully saturated rings. The Morgan fingerprint density at radius 3 is 1.18 bits per heavy atom. The molecule has 6 aromatic carbocycles. The summed E-state index contributed by atoms with van der Waals surface area (Å²) in [6, 6.07) is 32.7. The molecule has 0 N–H and O–H groups in total. The number of fused-ring (bicyclic) bond motifs is 2. The van der Waals surface area contributed by atoms with Gasteiger partial charge in [0.05, 0.1) is 0 Å². The van der Waals surface area contributed by atoms with E-state index in [9.17, 15) is 0 Å². The van der Waals surface area contributed by atoms with Crippen LogP contribution in [0.3, 0.4) is 0 Å². The molecule has 8 heteroatoms. The van der Waals surface area contributed by atoms with Gasteiger partial charge in [-0.3, -0.25) is 0 Å². The third kappa shape index (κ3) is 8.64. The van der Waals surface area contributed by atoms with Crippen molar-refractivity contribution < 1.29 is 18.0 Å². The molecule has 0 aliphatic carbocycles. The normalized spacial score (nSPS) is 10.7. The summed E-state index contributed by atoms with van der Waals surface area (Å²) in [7, 11) is 11.2. The van der Waals surface area contributed by atoms with Crippen molar-refractivity contribution in [2.75, 3.05) is 0 Å². The second-order valence-corrected chi connectivity index (χ2v) is 35.1. The van der Waals surface area contributed by atoms with Crippen molar-refractivity contribution in [3.63, 3.8) is 0 Å². The number of aryl methyl sites for hydroxylation is 2. The molecule has 0 aliphatic heterocycles. The first kappa shape index (κ1) is 35.8. The molecule has 0 aromatic heterocycles. The quantitative estimate of drug-likeness (QED) is 0.123. The summed E-state index contributed by atoms with van der Waals surface area (Å²) < 4.78 is 0. The number of rotatable bonds is 4. The van der Waals surface area contributed by atoms with Gasteiger partial charge in [0, 0.05) is 31.2 Å². The van der Waals surface area contributed by atoms with Gasteiger partial charge in [0.1, 0.15) is 0 Å².